The Morgan fingerprint density at radius 3 is 1.44 bits per heavy atom. The molecule has 2 fully saturated rings. The van der Waals surface area contributed by atoms with Gasteiger partial charge in [0, 0.05) is 88.0 Å². The Bertz CT molecular complexity index is 1220. The van der Waals surface area contributed by atoms with Crippen LogP contribution in [0.4, 0.5) is 0 Å². The van der Waals surface area contributed by atoms with Crippen LogP contribution >= 0.6 is 48.3 Å². The molecule has 0 radical (unpaired) electrons. The number of carbonyl (C=O) groups is 2. The van der Waals surface area contributed by atoms with E-state index >= 15 is 0 Å². The molecule has 2 saturated heterocycles. The van der Waals surface area contributed by atoms with Gasteiger partial charge in [0.25, 0.3) is 0 Å². The molecule has 2 aliphatic rings. The highest BCUT2D eigenvalue weighted by Gasteiger charge is 2.21. The molecule has 0 saturated carbocycles. The van der Waals surface area contributed by atoms with Gasteiger partial charge in [-0.25, -0.2) is 9.97 Å². The van der Waals surface area contributed by atoms with Crippen LogP contribution in [0.2, 0.25) is 0 Å². The minimum Gasteiger partial charge on any atom is -0.337 e. The molecule has 0 atom stereocenters. The highest BCUT2D eigenvalue weighted by Crippen LogP contribution is 2.19. The highest BCUT2D eigenvalue weighted by molar-refractivity contribution is 7.98. The van der Waals surface area contributed by atoms with Crippen LogP contribution in [0.15, 0.2) is 83.2 Å². The minimum absolute atomic E-state index is 0. The number of allylic oxidation sites excluding steroid dienone is 4. The van der Waals surface area contributed by atoms with Gasteiger partial charge < -0.3 is 9.80 Å². The first-order valence-electron chi connectivity index (χ1n) is 14.8. The molecular formula is C33H44Cl2N6O2S2. The molecule has 12 heteroatoms. The van der Waals surface area contributed by atoms with Gasteiger partial charge in [-0.1, -0.05) is 48.6 Å². The number of amides is 2. The number of hydrogen-bond acceptors (Lipinski definition) is 8. The maximum absolute atomic E-state index is 12.6. The number of piperazine rings is 2. The lowest BCUT2D eigenvalue weighted by Gasteiger charge is -2.36. The Hall–Kier alpha value is -2.60. The number of thioether (sulfide) groups is 2. The van der Waals surface area contributed by atoms with E-state index in [2.05, 4.69) is 19.8 Å². The van der Waals surface area contributed by atoms with Crippen LogP contribution in [0.5, 0.6) is 0 Å². The number of nitrogens with zero attached hydrogens (tertiary/aromatic N) is 6. The maximum atomic E-state index is 12.6. The lowest BCUT2D eigenvalue weighted by atomic mass is 10.2. The van der Waals surface area contributed by atoms with E-state index in [0.717, 1.165) is 93.0 Å². The van der Waals surface area contributed by atoms with Crippen molar-refractivity contribution in [2.24, 2.45) is 0 Å². The van der Waals surface area contributed by atoms with Gasteiger partial charge in [-0.15, -0.1) is 48.3 Å². The van der Waals surface area contributed by atoms with Crippen molar-refractivity contribution in [2.45, 2.75) is 16.5 Å². The fraction of sp³-hybridized carbons (Fsp3) is 0.394. The summed E-state index contributed by atoms with van der Waals surface area (Å²) >= 11 is 3.22. The summed E-state index contributed by atoms with van der Waals surface area (Å²) in [5, 5.41) is 1.96. The van der Waals surface area contributed by atoms with Gasteiger partial charge in [0.15, 0.2) is 0 Å². The Morgan fingerprint density at radius 1 is 0.667 bits per heavy atom. The third kappa shape index (κ3) is 12.6. The average Bonchev–Trinajstić information content (AvgIpc) is 3.05. The summed E-state index contributed by atoms with van der Waals surface area (Å²) in [6.45, 7) is 8.74. The first-order chi connectivity index (χ1) is 21.1. The molecule has 0 bridgehead atoms. The molecule has 0 unspecified atom stereocenters. The van der Waals surface area contributed by atoms with E-state index in [0.29, 0.717) is 0 Å². The van der Waals surface area contributed by atoms with E-state index in [1.807, 2.05) is 83.0 Å². The normalized spacial score (nSPS) is 16.5. The first kappa shape index (κ1) is 38.6. The minimum atomic E-state index is 0. The molecule has 4 heterocycles. The van der Waals surface area contributed by atoms with E-state index in [-0.39, 0.29) is 36.6 Å². The molecule has 2 aromatic rings. The van der Waals surface area contributed by atoms with E-state index in [1.54, 1.807) is 48.1 Å². The smallest absolute Gasteiger partial charge is 0.246 e. The summed E-state index contributed by atoms with van der Waals surface area (Å²) in [6.07, 6.45) is 23.4. The molecule has 244 valence electrons. The predicted molar refractivity (Wildman–Crippen MR) is 194 cm³/mol. The van der Waals surface area contributed by atoms with Crippen molar-refractivity contribution in [1.82, 2.24) is 29.6 Å². The zero-order valence-corrected chi connectivity index (χ0v) is 29.3. The fourth-order valence-corrected chi connectivity index (χ4v) is 6.18. The Morgan fingerprint density at radius 2 is 1.07 bits per heavy atom. The van der Waals surface area contributed by atoms with Crippen LogP contribution in [0.1, 0.15) is 17.5 Å². The lowest BCUT2D eigenvalue weighted by molar-refractivity contribution is -0.128. The van der Waals surface area contributed by atoms with Crippen molar-refractivity contribution < 1.29 is 9.59 Å². The van der Waals surface area contributed by atoms with E-state index in [1.165, 1.54) is 0 Å². The van der Waals surface area contributed by atoms with Crippen LogP contribution < -0.4 is 0 Å². The summed E-state index contributed by atoms with van der Waals surface area (Å²) in [5.41, 5.74) is 2.11. The third-order valence-electron chi connectivity index (χ3n) is 7.56. The number of halogens is 2. The largest absolute Gasteiger partial charge is 0.337 e. The summed E-state index contributed by atoms with van der Waals surface area (Å²) < 4.78 is 0. The Balaban J connectivity index is 0.00000353. The summed E-state index contributed by atoms with van der Waals surface area (Å²) in [7, 11) is 0. The quantitative estimate of drug-likeness (QED) is 0.169. The van der Waals surface area contributed by atoms with Crippen molar-refractivity contribution >= 4 is 72.3 Å². The maximum Gasteiger partial charge on any atom is 0.246 e. The first-order valence-corrected chi connectivity index (χ1v) is 17.2. The monoisotopic (exact) mass is 690 g/mol. The number of carbonyl (C=O) groups excluding carboxylic acids is 2. The molecule has 0 aliphatic carbocycles. The second-order valence-corrected chi connectivity index (χ2v) is 11.9. The molecule has 2 amide bonds. The molecular weight excluding hydrogens is 647 g/mol. The molecule has 8 nitrogen and oxygen atoms in total. The second-order valence-electron chi connectivity index (χ2n) is 10.3. The zero-order chi connectivity index (χ0) is 30.3. The van der Waals surface area contributed by atoms with Crippen LogP contribution in [-0.4, -0.2) is 119 Å². The molecule has 0 aromatic carbocycles. The Labute approximate surface area is 288 Å². The van der Waals surface area contributed by atoms with Gasteiger partial charge in [0.05, 0.1) is 0 Å². The molecule has 2 aliphatic heterocycles. The van der Waals surface area contributed by atoms with E-state index in [4.69, 9.17) is 0 Å². The van der Waals surface area contributed by atoms with Crippen molar-refractivity contribution in [3.63, 3.8) is 0 Å². The van der Waals surface area contributed by atoms with Crippen LogP contribution in [0.3, 0.4) is 0 Å². The van der Waals surface area contributed by atoms with E-state index < -0.39 is 0 Å². The van der Waals surface area contributed by atoms with Gasteiger partial charge >= 0.3 is 0 Å². The number of rotatable bonds is 12. The number of aromatic nitrogens is 2. The van der Waals surface area contributed by atoms with Gasteiger partial charge in [0.2, 0.25) is 11.8 Å². The molecule has 45 heavy (non-hydrogen) atoms. The van der Waals surface area contributed by atoms with E-state index in [9.17, 15) is 9.59 Å². The van der Waals surface area contributed by atoms with Gasteiger partial charge in [-0.05, 0) is 44.2 Å². The molecule has 0 N–H and O–H groups in total. The summed E-state index contributed by atoms with van der Waals surface area (Å²) in [5.74, 6) is 0.133. The van der Waals surface area contributed by atoms with Gasteiger partial charge in [-0.3, -0.25) is 19.4 Å². The SMILES string of the molecule is CSc1ncccc1/C=C/C=C/C(=O)N1CCN(CCCN2CCN(C(=O)/C=C/C=C/c3cccnc3SC)CC2)CC1.Cl.Cl. The Kier molecular flexibility index (Phi) is 18.2. The van der Waals surface area contributed by atoms with Crippen molar-refractivity contribution in [3.8, 4) is 0 Å². The standard InChI is InChI=1S/C33H42N6O2S2.2ClH/c1-42-32-28(12-7-16-34-32)10-3-5-14-30(40)38-24-20-36(21-25-38)18-9-19-37-22-26-39(27-23-37)31(41)15-6-4-11-29-13-8-17-35-33(29)43-2;;/h3-8,10-17H,9,18-27H2,1-2H3;2*1H/b10-3+,11-4+,14-5+,15-6+;;. The second kappa shape index (κ2) is 21.2. The topological polar surface area (TPSA) is 72.9 Å². The summed E-state index contributed by atoms with van der Waals surface area (Å²) in [4.78, 5) is 42.7. The summed E-state index contributed by atoms with van der Waals surface area (Å²) in [6, 6.07) is 7.89. The third-order valence-corrected chi connectivity index (χ3v) is 9.01. The molecule has 4 rings (SSSR count). The van der Waals surface area contributed by atoms with Gasteiger partial charge in [-0.2, -0.15) is 0 Å². The number of pyridine rings is 2. The fourth-order valence-electron chi connectivity index (χ4n) is 5.11. The average molecular weight is 692 g/mol. The van der Waals surface area contributed by atoms with Crippen LogP contribution in [0, 0.1) is 0 Å². The zero-order valence-electron chi connectivity index (χ0n) is 26.0. The van der Waals surface area contributed by atoms with Crippen LogP contribution in [-0.2, 0) is 9.59 Å². The van der Waals surface area contributed by atoms with Crippen LogP contribution in [0.25, 0.3) is 12.2 Å². The number of hydrogen-bond donors (Lipinski definition) is 0. The van der Waals surface area contributed by atoms with Gasteiger partial charge in [0.1, 0.15) is 10.1 Å². The van der Waals surface area contributed by atoms with Crippen molar-refractivity contribution in [3.05, 3.63) is 84.2 Å². The van der Waals surface area contributed by atoms with Crippen molar-refractivity contribution in [2.75, 3.05) is 78.0 Å². The van der Waals surface area contributed by atoms with Crippen molar-refractivity contribution in [1.29, 1.82) is 0 Å². The predicted octanol–water partition coefficient (Wildman–Crippen LogP) is 5.28. The molecule has 0 spiro atoms. The highest BCUT2D eigenvalue weighted by atomic mass is 35.5. The molecule has 2 aromatic heterocycles. The lowest BCUT2D eigenvalue weighted by Crippen LogP contribution is -2.50.